The summed E-state index contributed by atoms with van der Waals surface area (Å²) in [4.78, 5) is 15.2. The second-order valence-corrected chi connectivity index (χ2v) is 3.32. The van der Waals surface area contributed by atoms with Gasteiger partial charge in [-0.3, -0.25) is 5.32 Å². The molecule has 0 saturated heterocycles. The van der Waals surface area contributed by atoms with Crippen molar-refractivity contribution in [2.75, 3.05) is 11.9 Å². The highest BCUT2D eigenvalue weighted by Gasteiger charge is 2.04. The number of anilines is 1. The quantitative estimate of drug-likeness (QED) is 0.726. The van der Waals surface area contributed by atoms with Gasteiger partial charge in [-0.15, -0.1) is 0 Å². The summed E-state index contributed by atoms with van der Waals surface area (Å²) in [6.07, 6.45) is 3.31. The third-order valence-electron chi connectivity index (χ3n) is 1.71. The van der Waals surface area contributed by atoms with E-state index in [0.29, 0.717) is 12.5 Å². The van der Waals surface area contributed by atoms with Crippen LogP contribution in [-0.2, 0) is 7.05 Å². The molecule has 1 aromatic rings. The highest BCUT2D eigenvalue weighted by atomic mass is 16.2. The second-order valence-electron chi connectivity index (χ2n) is 3.32. The molecule has 1 aromatic heterocycles. The first-order valence-electron chi connectivity index (χ1n) is 4.62. The molecule has 2 amide bonds. The molecule has 1 heterocycles. The average molecular weight is 209 g/mol. The minimum atomic E-state index is -0.288. The van der Waals surface area contributed by atoms with Crippen LogP contribution in [0.25, 0.3) is 0 Å². The van der Waals surface area contributed by atoms with Gasteiger partial charge in [0, 0.05) is 13.6 Å². The Morgan fingerprint density at radius 1 is 1.60 bits per heavy atom. The van der Waals surface area contributed by atoms with Crippen molar-refractivity contribution >= 4 is 12.0 Å². The molecular weight excluding hydrogens is 194 g/mol. The molecule has 0 bridgehead atoms. The summed E-state index contributed by atoms with van der Waals surface area (Å²) in [6.45, 7) is 4.45. The van der Waals surface area contributed by atoms with Crippen LogP contribution >= 0.6 is 0 Å². The van der Waals surface area contributed by atoms with Crippen molar-refractivity contribution in [2.24, 2.45) is 7.05 Å². The molecule has 0 unspecified atom stereocenters. The molecule has 6 heteroatoms. The third kappa shape index (κ3) is 3.80. The Bertz CT molecular complexity index is 364. The fraction of sp³-hybridized carbons (Fsp3) is 0.444. The molecule has 0 aromatic carbocycles. The molecule has 0 saturated carbocycles. The van der Waals surface area contributed by atoms with E-state index in [4.69, 9.17) is 0 Å². The lowest BCUT2D eigenvalue weighted by Crippen LogP contribution is -2.30. The highest BCUT2D eigenvalue weighted by molar-refractivity contribution is 5.87. The number of urea groups is 1. The molecule has 0 atom stereocenters. The van der Waals surface area contributed by atoms with Crippen LogP contribution in [0.4, 0.5) is 10.7 Å². The molecule has 6 nitrogen and oxygen atoms in total. The summed E-state index contributed by atoms with van der Waals surface area (Å²) in [6, 6.07) is -0.288. The van der Waals surface area contributed by atoms with Crippen LogP contribution < -0.4 is 10.6 Å². The second kappa shape index (κ2) is 5.14. The van der Waals surface area contributed by atoms with Gasteiger partial charge in [0.25, 0.3) is 0 Å². The monoisotopic (exact) mass is 209 g/mol. The number of amides is 2. The number of carbonyl (C=O) groups excluding carboxylic acids is 1. The van der Waals surface area contributed by atoms with E-state index in [9.17, 15) is 4.79 Å². The van der Waals surface area contributed by atoms with Gasteiger partial charge in [-0.2, -0.15) is 10.1 Å². The van der Waals surface area contributed by atoms with Crippen LogP contribution in [0.15, 0.2) is 18.0 Å². The summed E-state index contributed by atoms with van der Waals surface area (Å²) in [7, 11) is 1.71. The van der Waals surface area contributed by atoms with Crippen molar-refractivity contribution in [1.29, 1.82) is 0 Å². The first-order chi connectivity index (χ1) is 7.09. The number of rotatable bonds is 3. The molecule has 0 fully saturated rings. The summed E-state index contributed by atoms with van der Waals surface area (Å²) in [5.41, 5.74) is 1.16. The average Bonchev–Trinajstić information content (AvgIpc) is 2.51. The van der Waals surface area contributed by atoms with E-state index >= 15 is 0 Å². The number of carbonyl (C=O) groups is 1. The van der Waals surface area contributed by atoms with Gasteiger partial charge in [-0.1, -0.05) is 11.6 Å². The fourth-order valence-corrected chi connectivity index (χ4v) is 0.903. The number of hydrogen-bond acceptors (Lipinski definition) is 3. The van der Waals surface area contributed by atoms with E-state index in [2.05, 4.69) is 20.7 Å². The minimum absolute atomic E-state index is 0.288. The Morgan fingerprint density at radius 3 is 2.87 bits per heavy atom. The first kappa shape index (κ1) is 11.2. The Kier molecular flexibility index (Phi) is 3.84. The SMILES string of the molecule is CC(C)=CCNC(=O)Nc1ncnn1C. The van der Waals surface area contributed by atoms with Crippen molar-refractivity contribution in [3.63, 3.8) is 0 Å². The Morgan fingerprint density at radius 2 is 2.33 bits per heavy atom. The highest BCUT2D eigenvalue weighted by Crippen LogP contribution is 1.96. The molecule has 2 N–H and O–H groups in total. The maximum Gasteiger partial charge on any atom is 0.321 e. The normalized spacial score (nSPS) is 9.53. The van der Waals surface area contributed by atoms with E-state index in [1.165, 1.54) is 11.0 Å². The van der Waals surface area contributed by atoms with Crippen molar-refractivity contribution < 1.29 is 4.79 Å². The summed E-state index contributed by atoms with van der Waals surface area (Å²) in [5, 5.41) is 9.08. The fourth-order valence-electron chi connectivity index (χ4n) is 0.903. The lowest BCUT2D eigenvalue weighted by atomic mass is 10.3. The largest absolute Gasteiger partial charge is 0.334 e. The summed E-state index contributed by atoms with van der Waals surface area (Å²) < 4.78 is 1.49. The van der Waals surface area contributed by atoms with E-state index in [1.807, 2.05) is 19.9 Å². The predicted molar refractivity (Wildman–Crippen MR) is 57.5 cm³/mol. The van der Waals surface area contributed by atoms with Gasteiger partial charge in [-0.25, -0.2) is 9.48 Å². The van der Waals surface area contributed by atoms with Crippen LogP contribution in [0.3, 0.4) is 0 Å². The summed E-state index contributed by atoms with van der Waals surface area (Å²) >= 11 is 0. The van der Waals surface area contributed by atoms with Gasteiger partial charge < -0.3 is 5.32 Å². The number of aromatic nitrogens is 3. The minimum Gasteiger partial charge on any atom is -0.334 e. The number of aryl methyl sites for hydroxylation is 1. The van der Waals surface area contributed by atoms with Crippen LogP contribution in [0, 0.1) is 0 Å². The Hall–Kier alpha value is -1.85. The maximum absolute atomic E-state index is 11.3. The number of nitrogens with zero attached hydrogens (tertiary/aromatic N) is 3. The van der Waals surface area contributed by atoms with Gasteiger partial charge in [0.15, 0.2) is 0 Å². The van der Waals surface area contributed by atoms with Gasteiger partial charge >= 0.3 is 6.03 Å². The number of allylic oxidation sites excluding steroid dienone is 1. The lowest BCUT2D eigenvalue weighted by molar-refractivity contribution is 0.252. The molecule has 0 aliphatic carbocycles. The topological polar surface area (TPSA) is 71.8 Å². The van der Waals surface area contributed by atoms with Gasteiger partial charge in [0.1, 0.15) is 6.33 Å². The standard InChI is InChI=1S/C9H15N5O/c1-7(2)4-5-10-9(15)13-8-11-6-12-14(8)3/h4,6H,5H2,1-3H3,(H2,10,11,12,13,15). The zero-order valence-electron chi connectivity index (χ0n) is 9.11. The van der Waals surface area contributed by atoms with Crippen LogP contribution in [-0.4, -0.2) is 27.3 Å². The van der Waals surface area contributed by atoms with E-state index in [0.717, 1.165) is 5.57 Å². The first-order valence-corrected chi connectivity index (χ1v) is 4.62. The maximum atomic E-state index is 11.3. The van der Waals surface area contributed by atoms with Crippen molar-refractivity contribution in [3.8, 4) is 0 Å². The van der Waals surface area contributed by atoms with Crippen LogP contribution in [0.1, 0.15) is 13.8 Å². The predicted octanol–water partition coefficient (Wildman–Crippen LogP) is 0.903. The molecule has 1 rings (SSSR count). The molecule has 0 aliphatic rings. The molecule has 15 heavy (non-hydrogen) atoms. The Balaban J connectivity index is 2.37. The molecule has 0 spiro atoms. The summed E-state index contributed by atoms with van der Waals surface area (Å²) in [5.74, 6) is 0.421. The van der Waals surface area contributed by atoms with Gasteiger partial charge in [-0.05, 0) is 13.8 Å². The number of nitrogens with one attached hydrogen (secondary N) is 2. The van der Waals surface area contributed by atoms with Gasteiger partial charge in [0.2, 0.25) is 5.95 Å². The van der Waals surface area contributed by atoms with Crippen molar-refractivity contribution in [1.82, 2.24) is 20.1 Å². The Labute approximate surface area is 88.4 Å². The molecule has 82 valence electrons. The number of hydrogen-bond donors (Lipinski definition) is 2. The van der Waals surface area contributed by atoms with Gasteiger partial charge in [0.05, 0.1) is 0 Å². The van der Waals surface area contributed by atoms with Crippen LogP contribution in [0.5, 0.6) is 0 Å². The lowest BCUT2D eigenvalue weighted by Gasteiger charge is -2.04. The van der Waals surface area contributed by atoms with Crippen molar-refractivity contribution in [2.45, 2.75) is 13.8 Å². The van der Waals surface area contributed by atoms with E-state index in [1.54, 1.807) is 7.05 Å². The molecule has 0 aliphatic heterocycles. The van der Waals surface area contributed by atoms with Crippen molar-refractivity contribution in [3.05, 3.63) is 18.0 Å². The third-order valence-corrected chi connectivity index (χ3v) is 1.71. The zero-order valence-corrected chi connectivity index (χ0v) is 9.11. The smallest absolute Gasteiger partial charge is 0.321 e. The zero-order chi connectivity index (χ0) is 11.3. The van der Waals surface area contributed by atoms with E-state index in [-0.39, 0.29) is 6.03 Å². The van der Waals surface area contributed by atoms with Crippen LogP contribution in [0.2, 0.25) is 0 Å². The van der Waals surface area contributed by atoms with E-state index < -0.39 is 0 Å². The molecule has 0 radical (unpaired) electrons. The molecular formula is C9H15N5O.